The molecular formula is C24H25N4O+. The minimum Gasteiger partial charge on any atom is -0.435 e. The average molecular weight is 385 g/mol. The molecule has 29 heavy (non-hydrogen) atoms. The molecule has 3 heterocycles. The van der Waals surface area contributed by atoms with Gasteiger partial charge in [-0.15, -0.1) is 0 Å². The Morgan fingerprint density at radius 3 is 2.41 bits per heavy atom. The van der Waals surface area contributed by atoms with E-state index in [1.165, 1.54) is 22.4 Å². The van der Waals surface area contributed by atoms with Crippen molar-refractivity contribution in [1.29, 1.82) is 0 Å². The highest BCUT2D eigenvalue weighted by Crippen LogP contribution is 2.38. The Hall–Kier alpha value is -3.34. The molecule has 0 aliphatic rings. The van der Waals surface area contributed by atoms with Crippen LogP contribution in [0.25, 0.3) is 39.3 Å². The molecule has 0 saturated heterocycles. The number of furan rings is 1. The second-order valence-corrected chi connectivity index (χ2v) is 7.95. The van der Waals surface area contributed by atoms with Crippen molar-refractivity contribution < 1.29 is 8.98 Å². The molecule has 0 fully saturated rings. The van der Waals surface area contributed by atoms with Crippen molar-refractivity contribution in [3.8, 4) is 17.1 Å². The molecule has 0 spiro atoms. The fourth-order valence-corrected chi connectivity index (χ4v) is 4.44. The van der Waals surface area contributed by atoms with Crippen molar-refractivity contribution >= 4 is 22.2 Å². The van der Waals surface area contributed by atoms with E-state index in [9.17, 15) is 0 Å². The maximum Gasteiger partial charge on any atom is 0.297 e. The number of benzene rings is 2. The van der Waals surface area contributed by atoms with Crippen LogP contribution < -0.4 is 4.57 Å². The van der Waals surface area contributed by atoms with Crippen LogP contribution in [0, 0.1) is 27.7 Å². The highest BCUT2D eigenvalue weighted by molar-refractivity contribution is 6.07. The summed E-state index contributed by atoms with van der Waals surface area (Å²) in [6, 6.07) is 10.8. The molecule has 0 bridgehead atoms. The Morgan fingerprint density at radius 2 is 1.69 bits per heavy atom. The number of imidazole rings is 2. The van der Waals surface area contributed by atoms with Gasteiger partial charge in [0.15, 0.2) is 5.58 Å². The number of hydrogen-bond acceptors (Lipinski definition) is 2. The third-order valence-corrected chi connectivity index (χ3v) is 6.01. The van der Waals surface area contributed by atoms with Crippen LogP contribution in [0.2, 0.25) is 0 Å². The highest BCUT2D eigenvalue weighted by Gasteiger charge is 2.28. The molecule has 3 aromatic heterocycles. The molecule has 2 aromatic carbocycles. The Kier molecular flexibility index (Phi) is 3.72. The van der Waals surface area contributed by atoms with E-state index in [0.717, 1.165) is 33.7 Å². The van der Waals surface area contributed by atoms with Crippen molar-refractivity contribution in [3.05, 3.63) is 65.2 Å². The van der Waals surface area contributed by atoms with Crippen molar-refractivity contribution in [3.63, 3.8) is 0 Å². The predicted molar refractivity (Wildman–Crippen MR) is 115 cm³/mol. The Balaban J connectivity index is 1.90. The van der Waals surface area contributed by atoms with Gasteiger partial charge < -0.3 is 8.98 Å². The third-order valence-electron chi connectivity index (χ3n) is 6.01. The average Bonchev–Trinajstić information content (AvgIpc) is 3.29. The van der Waals surface area contributed by atoms with Crippen LogP contribution in [0.1, 0.15) is 22.5 Å². The lowest BCUT2D eigenvalue weighted by atomic mass is 10.0. The smallest absolute Gasteiger partial charge is 0.297 e. The molecule has 0 unspecified atom stereocenters. The number of rotatable bonds is 2. The molecule has 5 aromatic rings. The van der Waals surface area contributed by atoms with Gasteiger partial charge in [0, 0.05) is 12.4 Å². The molecule has 0 saturated carbocycles. The molecule has 0 atom stereocenters. The zero-order valence-electron chi connectivity index (χ0n) is 17.7. The molecule has 146 valence electrons. The number of fused-ring (bicyclic) bond motifs is 3. The summed E-state index contributed by atoms with van der Waals surface area (Å²) in [6.07, 6.45) is 4.23. The van der Waals surface area contributed by atoms with E-state index in [-0.39, 0.29) is 0 Å². The van der Waals surface area contributed by atoms with Crippen LogP contribution in [0.4, 0.5) is 0 Å². The van der Waals surface area contributed by atoms with Gasteiger partial charge in [0.2, 0.25) is 5.71 Å². The van der Waals surface area contributed by atoms with Gasteiger partial charge in [-0.1, -0.05) is 24.3 Å². The zero-order chi connectivity index (χ0) is 20.4. The van der Waals surface area contributed by atoms with E-state index in [4.69, 9.17) is 4.42 Å². The van der Waals surface area contributed by atoms with E-state index in [1.54, 1.807) is 0 Å². The van der Waals surface area contributed by atoms with Gasteiger partial charge in [0.1, 0.15) is 35.0 Å². The summed E-state index contributed by atoms with van der Waals surface area (Å²) in [5.74, 6) is 2.05. The predicted octanol–water partition coefficient (Wildman–Crippen LogP) is 4.84. The van der Waals surface area contributed by atoms with Crippen LogP contribution in [-0.2, 0) is 14.1 Å². The Bertz CT molecular complexity index is 1390. The van der Waals surface area contributed by atoms with Gasteiger partial charge in [-0.2, -0.15) is 9.55 Å². The number of aryl methyl sites for hydroxylation is 6. The normalized spacial score (nSPS) is 11.8. The van der Waals surface area contributed by atoms with Gasteiger partial charge in [0.25, 0.3) is 5.82 Å². The number of hydrogen-bond donors (Lipinski definition) is 0. The zero-order valence-corrected chi connectivity index (χ0v) is 17.7. The standard InChI is InChI=1S/C24H25N4O/c1-14-10-11-18-21-23(25-17(4)27(21)6)29-22(18)19(14)24-26(5)12-13-28(24)20-15(2)8-7-9-16(20)3/h7-13H,1-6H3/q+1. The third kappa shape index (κ3) is 2.40. The summed E-state index contributed by atoms with van der Waals surface area (Å²) in [4.78, 5) is 4.62. The van der Waals surface area contributed by atoms with E-state index in [1.807, 2.05) is 14.0 Å². The summed E-state index contributed by atoms with van der Waals surface area (Å²) in [6.45, 7) is 8.46. The van der Waals surface area contributed by atoms with Crippen LogP contribution >= 0.6 is 0 Å². The van der Waals surface area contributed by atoms with Gasteiger partial charge in [-0.3, -0.25) is 0 Å². The fraction of sp³-hybridized carbons (Fsp3) is 0.250. The summed E-state index contributed by atoms with van der Waals surface area (Å²) >= 11 is 0. The van der Waals surface area contributed by atoms with Gasteiger partial charge in [0.05, 0.1) is 7.05 Å². The molecule has 5 nitrogen and oxygen atoms in total. The quantitative estimate of drug-likeness (QED) is 0.408. The van der Waals surface area contributed by atoms with E-state index < -0.39 is 0 Å². The Morgan fingerprint density at radius 1 is 0.966 bits per heavy atom. The summed E-state index contributed by atoms with van der Waals surface area (Å²) in [5, 5.41) is 1.10. The highest BCUT2D eigenvalue weighted by atomic mass is 16.3. The number of para-hydroxylation sites is 1. The minimum absolute atomic E-state index is 0.694. The van der Waals surface area contributed by atoms with Gasteiger partial charge in [-0.05, 0) is 50.5 Å². The Labute approximate surface area is 169 Å². The molecule has 5 heteroatoms. The fourth-order valence-electron chi connectivity index (χ4n) is 4.44. The maximum atomic E-state index is 6.34. The number of nitrogens with zero attached hydrogens (tertiary/aromatic N) is 4. The monoisotopic (exact) mass is 385 g/mol. The molecule has 0 radical (unpaired) electrons. The van der Waals surface area contributed by atoms with Crippen LogP contribution in [0.3, 0.4) is 0 Å². The molecule has 0 N–H and O–H groups in total. The van der Waals surface area contributed by atoms with Crippen LogP contribution in [0.5, 0.6) is 0 Å². The van der Waals surface area contributed by atoms with E-state index >= 15 is 0 Å². The van der Waals surface area contributed by atoms with Crippen LogP contribution in [0.15, 0.2) is 47.1 Å². The molecule has 5 rings (SSSR count). The van der Waals surface area contributed by atoms with Gasteiger partial charge in [-0.25, -0.2) is 4.57 Å². The van der Waals surface area contributed by atoms with Crippen molar-refractivity contribution in [2.24, 2.45) is 14.1 Å². The summed E-state index contributed by atoms with van der Waals surface area (Å²) in [5.41, 5.74) is 8.61. The van der Waals surface area contributed by atoms with Crippen LogP contribution in [-0.4, -0.2) is 14.1 Å². The first-order valence-corrected chi connectivity index (χ1v) is 9.87. The second kappa shape index (κ2) is 6.08. The molecular weight excluding hydrogens is 360 g/mol. The SMILES string of the molecule is Cc1cccc(C)c1-n1cc[n+](C)c1-c1c(C)ccc2c1oc1nc(C)n(C)c12. The van der Waals surface area contributed by atoms with Gasteiger partial charge >= 0.3 is 0 Å². The second-order valence-electron chi connectivity index (χ2n) is 7.95. The molecule has 0 aliphatic carbocycles. The summed E-state index contributed by atoms with van der Waals surface area (Å²) < 4.78 is 12.9. The first-order valence-electron chi connectivity index (χ1n) is 9.87. The lowest BCUT2D eigenvalue weighted by Gasteiger charge is -2.10. The largest absolute Gasteiger partial charge is 0.435 e. The van der Waals surface area contributed by atoms with Crippen molar-refractivity contribution in [2.45, 2.75) is 27.7 Å². The maximum absolute atomic E-state index is 6.34. The van der Waals surface area contributed by atoms with E-state index in [2.05, 4.69) is 89.2 Å². The minimum atomic E-state index is 0.694. The van der Waals surface area contributed by atoms with Crippen molar-refractivity contribution in [1.82, 2.24) is 14.1 Å². The lowest BCUT2D eigenvalue weighted by molar-refractivity contribution is -0.659. The molecule has 0 amide bonds. The first kappa shape index (κ1) is 17.7. The first-order chi connectivity index (χ1) is 13.9. The van der Waals surface area contributed by atoms with E-state index in [0.29, 0.717) is 5.71 Å². The van der Waals surface area contributed by atoms with Crippen molar-refractivity contribution in [2.75, 3.05) is 0 Å². The topological polar surface area (TPSA) is 39.8 Å². The molecule has 0 aliphatic heterocycles. The number of aromatic nitrogens is 4. The lowest BCUT2D eigenvalue weighted by Crippen LogP contribution is -2.29. The summed E-state index contributed by atoms with van der Waals surface area (Å²) in [7, 11) is 4.13.